The highest BCUT2D eigenvalue weighted by atomic mass is 32.2. The molecule has 1 fully saturated rings. The minimum absolute atomic E-state index is 0.111. The van der Waals surface area contributed by atoms with Crippen LogP contribution in [-0.2, 0) is 16.8 Å². The van der Waals surface area contributed by atoms with Crippen molar-refractivity contribution >= 4 is 26.4 Å². The summed E-state index contributed by atoms with van der Waals surface area (Å²) >= 11 is 0. The lowest BCUT2D eigenvalue weighted by Gasteiger charge is -2.24. The van der Waals surface area contributed by atoms with Crippen molar-refractivity contribution in [2.24, 2.45) is 7.05 Å². The number of fused-ring (bicyclic) bond motifs is 1. The van der Waals surface area contributed by atoms with Crippen molar-refractivity contribution < 1.29 is 17.4 Å². The van der Waals surface area contributed by atoms with E-state index < -0.39 is 33.6 Å². The third-order valence-electron chi connectivity index (χ3n) is 6.30. The highest BCUT2D eigenvalue weighted by Gasteiger charge is 2.26. The van der Waals surface area contributed by atoms with Gasteiger partial charge in [0.25, 0.3) is 12.0 Å². The molecule has 1 aliphatic rings. The van der Waals surface area contributed by atoms with Crippen molar-refractivity contribution in [2.75, 3.05) is 16.8 Å². The fourth-order valence-corrected chi connectivity index (χ4v) is 5.94. The SMILES string of the molecule is C[C@@H](Nc1ccnc2c1cc(C1CCS(=N)(=O)CC1)c(=O)n2C)c1cccc(C(F)F)c1F. The summed E-state index contributed by atoms with van der Waals surface area (Å²) in [6.07, 6.45) is -0.398. The van der Waals surface area contributed by atoms with Crippen LogP contribution in [0.25, 0.3) is 11.0 Å². The maximum Gasteiger partial charge on any atom is 0.266 e. The number of aryl methyl sites for hydroxylation is 1. The molecule has 33 heavy (non-hydrogen) atoms. The lowest BCUT2D eigenvalue weighted by molar-refractivity contribution is 0.146. The molecule has 0 amide bonds. The molecular weight excluding hydrogens is 453 g/mol. The van der Waals surface area contributed by atoms with Crippen molar-refractivity contribution in [1.82, 2.24) is 9.55 Å². The number of nitrogens with one attached hydrogen (secondary N) is 2. The van der Waals surface area contributed by atoms with Gasteiger partial charge in [0.05, 0.1) is 11.6 Å². The summed E-state index contributed by atoms with van der Waals surface area (Å²) < 4.78 is 62.2. The number of pyridine rings is 2. The quantitative estimate of drug-likeness (QED) is 0.534. The Morgan fingerprint density at radius 1 is 1.21 bits per heavy atom. The van der Waals surface area contributed by atoms with Crippen LogP contribution < -0.4 is 10.9 Å². The van der Waals surface area contributed by atoms with Crippen LogP contribution in [0.2, 0.25) is 0 Å². The Labute approximate surface area is 189 Å². The average Bonchev–Trinajstić information content (AvgIpc) is 2.76. The first-order valence-electron chi connectivity index (χ1n) is 10.6. The second-order valence-corrected chi connectivity index (χ2v) is 10.9. The molecule has 1 aromatic carbocycles. The predicted octanol–water partition coefficient (Wildman–Crippen LogP) is 5.11. The monoisotopic (exact) mass is 478 g/mol. The van der Waals surface area contributed by atoms with Crippen LogP contribution in [0.1, 0.15) is 54.8 Å². The number of anilines is 1. The number of hydrogen-bond donors (Lipinski definition) is 2. The molecule has 0 bridgehead atoms. The number of halogens is 3. The zero-order chi connectivity index (χ0) is 23.9. The lowest BCUT2D eigenvalue weighted by atomic mass is 9.93. The summed E-state index contributed by atoms with van der Waals surface area (Å²) in [5, 5.41) is 3.82. The Morgan fingerprint density at radius 2 is 1.88 bits per heavy atom. The van der Waals surface area contributed by atoms with Crippen LogP contribution in [0, 0.1) is 10.6 Å². The minimum Gasteiger partial charge on any atom is -0.378 e. The first-order valence-corrected chi connectivity index (χ1v) is 12.5. The van der Waals surface area contributed by atoms with Crippen LogP contribution in [0.3, 0.4) is 0 Å². The summed E-state index contributed by atoms with van der Waals surface area (Å²) in [6.45, 7) is 1.68. The highest BCUT2D eigenvalue weighted by Crippen LogP contribution is 2.33. The topological polar surface area (TPSA) is 87.8 Å². The summed E-state index contributed by atoms with van der Waals surface area (Å²) in [5.74, 6) is -0.541. The van der Waals surface area contributed by atoms with E-state index in [2.05, 4.69) is 10.3 Å². The molecule has 0 unspecified atom stereocenters. The molecule has 2 N–H and O–H groups in total. The van der Waals surface area contributed by atoms with Crippen LogP contribution in [0.4, 0.5) is 18.9 Å². The van der Waals surface area contributed by atoms with Crippen LogP contribution in [-0.4, -0.2) is 25.3 Å². The molecule has 1 atom stereocenters. The van der Waals surface area contributed by atoms with Gasteiger partial charge in [-0.25, -0.2) is 22.4 Å². The van der Waals surface area contributed by atoms with Gasteiger partial charge in [0.2, 0.25) is 0 Å². The molecule has 3 heterocycles. The molecule has 0 aliphatic carbocycles. The Kier molecular flexibility index (Phi) is 6.22. The number of hydrogen-bond acceptors (Lipinski definition) is 5. The lowest BCUT2D eigenvalue weighted by Crippen LogP contribution is -2.29. The highest BCUT2D eigenvalue weighted by molar-refractivity contribution is 7.92. The van der Waals surface area contributed by atoms with E-state index in [9.17, 15) is 22.2 Å². The average molecular weight is 479 g/mol. The van der Waals surface area contributed by atoms with Crippen molar-refractivity contribution in [2.45, 2.75) is 38.2 Å². The molecule has 0 radical (unpaired) electrons. The third kappa shape index (κ3) is 4.48. The van der Waals surface area contributed by atoms with Gasteiger partial charge in [-0.05, 0) is 37.8 Å². The Hall–Kier alpha value is -2.88. The number of aromatic nitrogens is 2. The van der Waals surface area contributed by atoms with E-state index in [1.807, 2.05) is 0 Å². The number of alkyl halides is 2. The molecule has 6 nitrogen and oxygen atoms in total. The second-order valence-electron chi connectivity index (χ2n) is 8.47. The predicted molar refractivity (Wildman–Crippen MR) is 123 cm³/mol. The Bertz CT molecular complexity index is 1360. The first kappa shape index (κ1) is 23.3. The van der Waals surface area contributed by atoms with Gasteiger partial charge in [-0.2, -0.15) is 0 Å². The van der Waals surface area contributed by atoms with Crippen LogP contribution >= 0.6 is 0 Å². The van der Waals surface area contributed by atoms with Crippen LogP contribution in [0.15, 0.2) is 41.3 Å². The minimum atomic E-state index is -2.91. The molecule has 1 aliphatic heterocycles. The zero-order valence-corrected chi connectivity index (χ0v) is 19.1. The van der Waals surface area contributed by atoms with Gasteiger partial charge in [0.15, 0.2) is 0 Å². The molecule has 0 saturated carbocycles. The third-order valence-corrected chi connectivity index (χ3v) is 8.09. The van der Waals surface area contributed by atoms with Gasteiger partial charge in [0, 0.05) is 56.7 Å². The molecule has 2 aromatic heterocycles. The molecule has 176 valence electrons. The van der Waals surface area contributed by atoms with E-state index in [-0.39, 0.29) is 28.5 Å². The van der Waals surface area contributed by atoms with Gasteiger partial charge in [-0.15, -0.1) is 0 Å². The Morgan fingerprint density at radius 3 is 2.55 bits per heavy atom. The normalized spacial score (nSPS) is 21.9. The van der Waals surface area contributed by atoms with Crippen molar-refractivity contribution in [3.63, 3.8) is 0 Å². The van der Waals surface area contributed by atoms with Gasteiger partial charge in [-0.3, -0.25) is 14.1 Å². The zero-order valence-electron chi connectivity index (χ0n) is 18.3. The van der Waals surface area contributed by atoms with Gasteiger partial charge in [-0.1, -0.05) is 18.2 Å². The fraction of sp³-hybridized carbons (Fsp3) is 0.391. The van der Waals surface area contributed by atoms with E-state index >= 15 is 0 Å². The molecule has 4 rings (SSSR count). The number of rotatable bonds is 5. The van der Waals surface area contributed by atoms with E-state index in [4.69, 9.17) is 4.78 Å². The first-order chi connectivity index (χ1) is 15.6. The smallest absolute Gasteiger partial charge is 0.266 e. The van der Waals surface area contributed by atoms with Gasteiger partial charge in [0.1, 0.15) is 11.5 Å². The molecular formula is C23H25F3N4O2S. The van der Waals surface area contributed by atoms with Crippen molar-refractivity contribution in [1.29, 1.82) is 4.78 Å². The maximum absolute atomic E-state index is 14.7. The Balaban J connectivity index is 1.74. The fourth-order valence-electron chi connectivity index (χ4n) is 4.40. The molecule has 10 heteroatoms. The maximum atomic E-state index is 14.7. The largest absolute Gasteiger partial charge is 0.378 e. The molecule has 1 saturated heterocycles. The van der Waals surface area contributed by atoms with E-state index in [1.165, 1.54) is 22.9 Å². The molecule has 3 aromatic rings. The van der Waals surface area contributed by atoms with E-state index in [0.717, 1.165) is 6.07 Å². The van der Waals surface area contributed by atoms with Crippen molar-refractivity contribution in [3.8, 4) is 0 Å². The second kappa shape index (κ2) is 8.81. The standard InChI is InChI=1S/C23H25F3N4O2S/c1-13(15-4-3-5-16(20(15)24)21(25)26)29-19-6-9-28-22-18(19)12-17(23(31)30(22)2)14-7-10-33(27,32)11-8-14/h3-6,9,12-14,21,27H,7-8,10-11H2,1-2H3,(H,28,29)/t13-,14?,33?/m1/s1. The van der Waals surface area contributed by atoms with E-state index in [1.54, 1.807) is 26.1 Å². The summed E-state index contributed by atoms with van der Waals surface area (Å²) in [5.41, 5.74) is 0.858. The summed E-state index contributed by atoms with van der Waals surface area (Å²) in [4.78, 5) is 17.3. The number of nitrogens with zero attached hydrogens (tertiary/aromatic N) is 2. The van der Waals surface area contributed by atoms with Gasteiger partial charge >= 0.3 is 0 Å². The van der Waals surface area contributed by atoms with E-state index in [0.29, 0.717) is 35.1 Å². The number of benzene rings is 1. The van der Waals surface area contributed by atoms with Crippen LogP contribution in [0.5, 0.6) is 0 Å². The van der Waals surface area contributed by atoms with Crippen molar-refractivity contribution in [3.05, 3.63) is 69.4 Å². The summed E-state index contributed by atoms with van der Waals surface area (Å²) in [7, 11) is -0.958. The summed E-state index contributed by atoms with van der Waals surface area (Å²) in [6, 6.07) is 6.76. The van der Waals surface area contributed by atoms with Gasteiger partial charge < -0.3 is 5.32 Å². The molecule has 0 spiro atoms.